The van der Waals surface area contributed by atoms with Gasteiger partial charge in [0.05, 0.1) is 0 Å². The molecule has 3 aromatic rings. The highest BCUT2D eigenvalue weighted by atomic mass is 31.2. The van der Waals surface area contributed by atoms with Crippen molar-refractivity contribution in [1.82, 2.24) is 0 Å². The van der Waals surface area contributed by atoms with Crippen molar-refractivity contribution in [3.05, 3.63) is 96.6 Å². The lowest BCUT2D eigenvalue weighted by atomic mass is 10.2. The molecule has 0 aromatic heterocycles. The van der Waals surface area contributed by atoms with Crippen LogP contribution in [0.1, 0.15) is 10.4 Å². The Balaban J connectivity index is 1.97. The lowest BCUT2D eigenvalue weighted by molar-refractivity contribution is 0.106. The average Bonchev–Trinajstić information content (AvgIpc) is 2.63. The van der Waals surface area contributed by atoms with Crippen molar-refractivity contribution in [1.29, 1.82) is 0 Å². The van der Waals surface area contributed by atoms with E-state index < -0.39 is 7.34 Å². The van der Waals surface area contributed by atoms with Gasteiger partial charge in [-0.05, 0) is 30.6 Å². The first kappa shape index (κ1) is 16.1. The second-order valence-electron chi connectivity index (χ2n) is 5.15. The van der Waals surface area contributed by atoms with E-state index >= 15 is 0 Å². The molecule has 0 heterocycles. The molecule has 0 aliphatic rings. The first-order valence-corrected chi connectivity index (χ1v) is 9.31. The summed E-state index contributed by atoms with van der Waals surface area (Å²) in [6, 6.07) is 27.2. The van der Waals surface area contributed by atoms with Crippen LogP contribution in [0, 0.1) is 0 Å². The van der Waals surface area contributed by atoms with Gasteiger partial charge in [-0.2, -0.15) is 0 Å². The predicted octanol–water partition coefficient (Wildman–Crippen LogP) is 5.26. The van der Waals surface area contributed by atoms with Crippen LogP contribution >= 0.6 is 7.34 Å². The quantitative estimate of drug-likeness (QED) is 0.576. The van der Waals surface area contributed by atoms with Gasteiger partial charge in [-0.25, -0.2) is 0 Å². The van der Waals surface area contributed by atoms with Gasteiger partial charge in [0.2, 0.25) is 0 Å². The lowest BCUT2D eigenvalue weighted by Gasteiger charge is -2.24. The molecule has 0 fully saturated rings. The highest BCUT2D eigenvalue weighted by molar-refractivity contribution is 7.82. The van der Waals surface area contributed by atoms with Gasteiger partial charge in [0.25, 0.3) is 12.9 Å². The van der Waals surface area contributed by atoms with E-state index in [0.29, 0.717) is 17.1 Å². The standard InChI is InChI=1S/C20H17O3P/c1-24(22-18-13-7-3-8-14-18,23-19-15-9-4-10-16-19)20(21)17-11-5-2-6-12-17/h2-16H,1H2. The zero-order valence-corrected chi connectivity index (χ0v) is 13.9. The van der Waals surface area contributed by atoms with Crippen molar-refractivity contribution in [2.45, 2.75) is 0 Å². The van der Waals surface area contributed by atoms with E-state index in [4.69, 9.17) is 9.05 Å². The monoisotopic (exact) mass is 336 g/mol. The Labute approximate surface area is 141 Å². The molecule has 120 valence electrons. The predicted molar refractivity (Wildman–Crippen MR) is 99.0 cm³/mol. The number of carbonyl (C=O) groups is 1. The maximum absolute atomic E-state index is 13.0. The summed E-state index contributed by atoms with van der Waals surface area (Å²) in [4.78, 5) is 13.0. The van der Waals surface area contributed by atoms with Crippen molar-refractivity contribution >= 4 is 19.2 Å². The highest BCUT2D eigenvalue weighted by Crippen LogP contribution is 2.50. The third-order valence-electron chi connectivity index (χ3n) is 3.32. The molecule has 0 saturated carbocycles. The summed E-state index contributed by atoms with van der Waals surface area (Å²) in [5.41, 5.74) is 0.281. The molecule has 0 bridgehead atoms. The summed E-state index contributed by atoms with van der Waals surface area (Å²) < 4.78 is 11.9. The Morgan fingerprint density at radius 2 is 1.04 bits per heavy atom. The van der Waals surface area contributed by atoms with Crippen LogP contribution < -0.4 is 9.05 Å². The van der Waals surface area contributed by atoms with Crippen LogP contribution in [0.4, 0.5) is 0 Å². The molecule has 0 aliphatic heterocycles. The summed E-state index contributed by atoms with van der Waals surface area (Å²) >= 11 is 0. The number of hydrogen-bond donors (Lipinski definition) is 0. The molecule has 0 spiro atoms. The SMILES string of the molecule is C=P(Oc1ccccc1)(Oc1ccccc1)C(=O)c1ccccc1. The Kier molecular flexibility index (Phi) is 4.83. The first-order valence-electron chi connectivity index (χ1n) is 7.50. The molecule has 3 aromatic carbocycles. The van der Waals surface area contributed by atoms with Crippen LogP contribution in [0.25, 0.3) is 0 Å². The van der Waals surface area contributed by atoms with Gasteiger partial charge in [0.15, 0.2) is 0 Å². The second-order valence-corrected chi connectivity index (χ2v) is 7.27. The maximum atomic E-state index is 13.0. The minimum Gasteiger partial charge on any atom is -0.438 e. The van der Waals surface area contributed by atoms with Crippen LogP contribution in [0.15, 0.2) is 91.0 Å². The number of benzene rings is 3. The zero-order valence-electron chi connectivity index (χ0n) is 13.0. The van der Waals surface area contributed by atoms with Gasteiger partial charge in [-0.15, -0.1) is 0 Å². The summed E-state index contributed by atoms with van der Waals surface area (Å²) in [5, 5.41) is 0. The number of rotatable bonds is 6. The van der Waals surface area contributed by atoms with Gasteiger partial charge in [0, 0.05) is 5.56 Å². The van der Waals surface area contributed by atoms with Crippen LogP contribution in [-0.4, -0.2) is 11.8 Å². The molecule has 4 heteroatoms. The molecule has 0 N–H and O–H groups in total. The third-order valence-corrected chi connectivity index (χ3v) is 5.21. The van der Waals surface area contributed by atoms with Crippen molar-refractivity contribution in [3.8, 4) is 11.5 Å². The van der Waals surface area contributed by atoms with E-state index in [1.807, 2.05) is 54.6 Å². The van der Waals surface area contributed by atoms with Gasteiger partial charge < -0.3 is 9.05 Å². The molecule has 0 saturated heterocycles. The summed E-state index contributed by atoms with van der Waals surface area (Å²) in [7, 11) is -3.11. The normalized spacial score (nSPS) is 10.8. The summed E-state index contributed by atoms with van der Waals surface area (Å²) in [5.74, 6) is 1.11. The minimum atomic E-state index is -3.11. The molecule has 0 aliphatic carbocycles. The first-order chi connectivity index (χ1) is 11.7. The minimum absolute atomic E-state index is 0.240. The molecule has 0 atom stereocenters. The zero-order chi connectivity index (χ0) is 16.8. The third kappa shape index (κ3) is 3.76. The molecule has 0 amide bonds. The van der Waals surface area contributed by atoms with Crippen molar-refractivity contribution in [3.63, 3.8) is 0 Å². The van der Waals surface area contributed by atoms with Crippen LogP contribution in [0.2, 0.25) is 0 Å². The number of hydrogen-bond acceptors (Lipinski definition) is 3. The fraction of sp³-hybridized carbons (Fsp3) is 0. The van der Waals surface area contributed by atoms with E-state index in [1.54, 1.807) is 36.4 Å². The van der Waals surface area contributed by atoms with Crippen LogP contribution in [0.5, 0.6) is 11.5 Å². The van der Waals surface area contributed by atoms with Gasteiger partial charge in [0.1, 0.15) is 11.5 Å². The van der Waals surface area contributed by atoms with E-state index in [2.05, 4.69) is 6.30 Å². The highest BCUT2D eigenvalue weighted by Gasteiger charge is 2.30. The molecule has 24 heavy (non-hydrogen) atoms. The topological polar surface area (TPSA) is 35.5 Å². The van der Waals surface area contributed by atoms with E-state index in [9.17, 15) is 4.79 Å². The smallest absolute Gasteiger partial charge is 0.286 e. The van der Waals surface area contributed by atoms with Gasteiger partial charge in [-0.1, -0.05) is 66.7 Å². The number of carbonyl (C=O) groups excluding carboxylic acids is 1. The molecule has 0 radical (unpaired) electrons. The van der Waals surface area contributed by atoms with E-state index in [-0.39, 0.29) is 5.52 Å². The van der Waals surface area contributed by atoms with Gasteiger partial charge >= 0.3 is 0 Å². The summed E-state index contributed by atoms with van der Waals surface area (Å²) in [6.07, 6.45) is 4.05. The fourth-order valence-electron chi connectivity index (χ4n) is 2.18. The van der Waals surface area contributed by atoms with Crippen LogP contribution in [0.3, 0.4) is 0 Å². The molecular weight excluding hydrogens is 319 g/mol. The van der Waals surface area contributed by atoms with Gasteiger partial charge in [-0.3, -0.25) is 4.79 Å². The van der Waals surface area contributed by atoms with Crippen molar-refractivity contribution in [2.24, 2.45) is 0 Å². The molecule has 0 unspecified atom stereocenters. The fourth-order valence-corrected chi connectivity index (χ4v) is 3.85. The second kappa shape index (κ2) is 7.20. The van der Waals surface area contributed by atoms with Crippen LogP contribution in [-0.2, 0) is 0 Å². The average molecular weight is 336 g/mol. The lowest BCUT2D eigenvalue weighted by Crippen LogP contribution is -2.12. The van der Waals surface area contributed by atoms with E-state index in [1.165, 1.54) is 0 Å². The molecular formula is C20H17O3P. The Morgan fingerprint density at radius 1 is 0.667 bits per heavy atom. The Morgan fingerprint density at radius 3 is 1.46 bits per heavy atom. The largest absolute Gasteiger partial charge is 0.438 e. The van der Waals surface area contributed by atoms with E-state index in [0.717, 1.165) is 0 Å². The maximum Gasteiger partial charge on any atom is 0.286 e. The Bertz CT molecular complexity index is 800. The number of para-hydroxylation sites is 2. The summed E-state index contributed by atoms with van der Waals surface area (Å²) in [6.45, 7) is 0. The van der Waals surface area contributed by atoms with Crippen molar-refractivity contribution in [2.75, 3.05) is 0 Å². The molecule has 3 nitrogen and oxygen atoms in total. The van der Waals surface area contributed by atoms with Crippen molar-refractivity contribution < 1.29 is 13.8 Å². The molecule has 3 rings (SSSR count). The Hall–Kier alpha value is -2.77.